The number of hydrogen-bond acceptors (Lipinski definition) is 2. The molecule has 0 amide bonds. The van der Waals surface area contributed by atoms with Crippen molar-refractivity contribution in [1.82, 2.24) is 0 Å². The fourth-order valence-corrected chi connectivity index (χ4v) is 2.80. The van der Waals surface area contributed by atoms with Crippen molar-refractivity contribution in [3.63, 3.8) is 0 Å². The molecule has 3 rings (SSSR count). The van der Waals surface area contributed by atoms with Gasteiger partial charge in [0, 0.05) is 18.5 Å². The van der Waals surface area contributed by atoms with Gasteiger partial charge in [-0.1, -0.05) is 24.3 Å². The molecule has 98 valence electrons. The Kier molecular flexibility index (Phi) is 2.66. The van der Waals surface area contributed by atoms with Crippen LogP contribution in [0.2, 0.25) is 0 Å². The fraction of sp³-hybridized carbons (Fsp3) is 0.200. The number of nitrogens with two attached hydrogens (primary N) is 1. The lowest BCUT2D eigenvalue weighted by molar-refractivity contribution is 0.0769. The lowest BCUT2D eigenvalue weighted by Crippen LogP contribution is -2.25. The maximum absolute atomic E-state index is 13.3. The quantitative estimate of drug-likeness (QED) is 0.829. The summed E-state index contributed by atoms with van der Waals surface area (Å²) in [6, 6.07) is 9.92. The van der Waals surface area contributed by atoms with E-state index < -0.39 is 17.2 Å². The maximum Gasteiger partial charge on any atom is 0.126 e. The molecule has 0 fully saturated rings. The molecule has 0 aromatic heterocycles. The maximum atomic E-state index is 13.3. The molecule has 1 aliphatic carbocycles. The summed E-state index contributed by atoms with van der Waals surface area (Å²) in [6.45, 7) is 0. The summed E-state index contributed by atoms with van der Waals surface area (Å²) in [4.78, 5) is 0. The number of fused-ring (bicyclic) bond motifs is 1. The minimum atomic E-state index is -1.43. The predicted molar refractivity (Wildman–Crippen MR) is 67.3 cm³/mol. The van der Waals surface area contributed by atoms with Gasteiger partial charge in [0.25, 0.3) is 0 Å². The molecule has 1 aliphatic rings. The van der Waals surface area contributed by atoms with Gasteiger partial charge in [-0.15, -0.1) is 0 Å². The van der Waals surface area contributed by atoms with Gasteiger partial charge in [-0.3, -0.25) is 0 Å². The van der Waals surface area contributed by atoms with Crippen LogP contribution in [-0.2, 0) is 5.60 Å². The van der Waals surface area contributed by atoms with Crippen LogP contribution in [0.25, 0.3) is 0 Å². The highest BCUT2D eigenvalue weighted by Gasteiger charge is 2.42. The zero-order chi connectivity index (χ0) is 13.6. The molecular formula is C15H13F2NO. The minimum absolute atomic E-state index is 0.199. The average Bonchev–Trinajstić information content (AvgIpc) is 2.63. The standard InChI is InChI=1S/C15H13F2NO/c16-10-5-9(6-11(17)7-10)15(19)8-14(18)12-3-1-2-4-13(12)15/h1-7,14,19H,8,18H2. The molecule has 2 aromatic carbocycles. The normalized spacial score (nSPS) is 25.4. The lowest BCUT2D eigenvalue weighted by atomic mass is 9.87. The van der Waals surface area contributed by atoms with Crippen LogP contribution in [0.3, 0.4) is 0 Å². The predicted octanol–water partition coefficient (Wildman–Crippen LogP) is 2.60. The van der Waals surface area contributed by atoms with Gasteiger partial charge in [-0.2, -0.15) is 0 Å². The first kappa shape index (κ1) is 12.3. The number of benzene rings is 2. The molecular weight excluding hydrogens is 248 g/mol. The van der Waals surface area contributed by atoms with Crippen LogP contribution in [0.1, 0.15) is 29.2 Å². The highest BCUT2D eigenvalue weighted by molar-refractivity contribution is 5.47. The van der Waals surface area contributed by atoms with Gasteiger partial charge in [0.2, 0.25) is 0 Å². The lowest BCUT2D eigenvalue weighted by Gasteiger charge is -2.25. The van der Waals surface area contributed by atoms with E-state index in [2.05, 4.69) is 0 Å². The summed E-state index contributed by atoms with van der Waals surface area (Å²) in [6.07, 6.45) is 0.217. The molecule has 0 spiro atoms. The van der Waals surface area contributed by atoms with Crippen molar-refractivity contribution in [2.45, 2.75) is 18.1 Å². The third-order valence-electron chi connectivity index (χ3n) is 3.66. The molecule has 19 heavy (non-hydrogen) atoms. The second-order valence-corrected chi connectivity index (χ2v) is 4.92. The van der Waals surface area contributed by atoms with E-state index in [9.17, 15) is 13.9 Å². The molecule has 0 saturated heterocycles. The largest absolute Gasteiger partial charge is 0.380 e. The Bertz CT molecular complexity index is 624. The second kappa shape index (κ2) is 4.11. The highest BCUT2D eigenvalue weighted by atomic mass is 19.1. The molecule has 0 heterocycles. The number of hydrogen-bond donors (Lipinski definition) is 2. The van der Waals surface area contributed by atoms with Gasteiger partial charge < -0.3 is 10.8 Å². The minimum Gasteiger partial charge on any atom is -0.380 e. The topological polar surface area (TPSA) is 46.2 Å². The molecule has 0 aliphatic heterocycles. The first-order valence-electron chi connectivity index (χ1n) is 6.04. The molecule has 0 bridgehead atoms. The fourth-order valence-electron chi connectivity index (χ4n) is 2.80. The van der Waals surface area contributed by atoms with Gasteiger partial charge in [0.15, 0.2) is 0 Å². The Morgan fingerprint density at radius 2 is 1.74 bits per heavy atom. The van der Waals surface area contributed by atoms with Gasteiger partial charge in [0.05, 0.1) is 0 Å². The van der Waals surface area contributed by atoms with Crippen molar-refractivity contribution in [2.24, 2.45) is 5.73 Å². The summed E-state index contributed by atoms with van der Waals surface area (Å²) in [5, 5.41) is 10.8. The van der Waals surface area contributed by atoms with Gasteiger partial charge in [-0.25, -0.2) is 8.78 Å². The van der Waals surface area contributed by atoms with Crippen LogP contribution in [0.5, 0.6) is 0 Å². The Morgan fingerprint density at radius 1 is 1.11 bits per heavy atom. The summed E-state index contributed by atoms with van der Waals surface area (Å²) >= 11 is 0. The van der Waals surface area contributed by atoms with E-state index in [1.54, 1.807) is 12.1 Å². The zero-order valence-corrected chi connectivity index (χ0v) is 10.1. The van der Waals surface area contributed by atoms with E-state index in [-0.39, 0.29) is 18.0 Å². The van der Waals surface area contributed by atoms with Crippen LogP contribution in [0, 0.1) is 11.6 Å². The van der Waals surface area contributed by atoms with Crippen molar-refractivity contribution in [2.75, 3.05) is 0 Å². The molecule has 2 nitrogen and oxygen atoms in total. The first-order chi connectivity index (χ1) is 9.00. The van der Waals surface area contributed by atoms with E-state index in [0.717, 1.165) is 23.8 Å². The number of halogens is 2. The van der Waals surface area contributed by atoms with Gasteiger partial charge in [0.1, 0.15) is 17.2 Å². The van der Waals surface area contributed by atoms with Crippen molar-refractivity contribution < 1.29 is 13.9 Å². The number of aliphatic hydroxyl groups is 1. The Hall–Kier alpha value is -1.78. The Balaban J connectivity index is 2.19. The van der Waals surface area contributed by atoms with Gasteiger partial charge >= 0.3 is 0 Å². The Morgan fingerprint density at radius 3 is 2.42 bits per heavy atom. The molecule has 2 aromatic rings. The zero-order valence-electron chi connectivity index (χ0n) is 10.1. The highest BCUT2D eigenvalue weighted by Crippen LogP contribution is 2.46. The molecule has 4 heteroatoms. The van der Waals surface area contributed by atoms with Gasteiger partial charge in [-0.05, 0) is 28.8 Å². The van der Waals surface area contributed by atoms with Crippen molar-refractivity contribution >= 4 is 0 Å². The summed E-state index contributed by atoms with van der Waals surface area (Å²) in [7, 11) is 0. The third kappa shape index (κ3) is 1.84. The molecule has 2 atom stereocenters. The van der Waals surface area contributed by atoms with E-state index >= 15 is 0 Å². The molecule has 2 unspecified atom stereocenters. The SMILES string of the molecule is NC1CC(O)(c2cc(F)cc(F)c2)c2ccccc21. The van der Waals surface area contributed by atoms with Crippen molar-refractivity contribution in [1.29, 1.82) is 0 Å². The monoisotopic (exact) mass is 261 g/mol. The van der Waals surface area contributed by atoms with Crippen LogP contribution in [0.15, 0.2) is 42.5 Å². The molecule has 0 saturated carbocycles. The number of rotatable bonds is 1. The van der Waals surface area contributed by atoms with Crippen molar-refractivity contribution in [3.8, 4) is 0 Å². The summed E-state index contributed by atoms with van der Waals surface area (Å²) < 4.78 is 26.7. The van der Waals surface area contributed by atoms with Crippen LogP contribution < -0.4 is 5.73 Å². The molecule has 0 radical (unpaired) electrons. The van der Waals surface area contributed by atoms with Crippen LogP contribution in [0.4, 0.5) is 8.78 Å². The summed E-state index contributed by atoms with van der Waals surface area (Å²) in [5.74, 6) is -1.41. The van der Waals surface area contributed by atoms with Crippen LogP contribution >= 0.6 is 0 Å². The van der Waals surface area contributed by atoms with E-state index in [1.165, 1.54) is 0 Å². The summed E-state index contributed by atoms with van der Waals surface area (Å²) in [5.41, 5.74) is 6.19. The van der Waals surface area contributed by atoms with E-state index in [0.29, 0.717) is 5.56 Å². The van der Waals surface area contributed by atoms with Crippen molar-refractivity contribution in [3.05, 3.63) is 70.8 Å². The smallest absolute Gasteiger partial charge is 0.126 e. The molecule has 3 N–H and O–H groups in total. The van der Waals surface area contributed by atoms with E-state index in [1.807, 2.05) is 12.1 Å². The van der Waals surface area contributed by atoms with E-state index in [4.69, 9.17) is 5.73 Å². The van der Waals surface area contributed by atoms with Crippen LogP contribution in [-0.4, -0.2) is 5.11 Å². The average molecular weight is 261 g/mol. The first-order valence-corrected chi connectivity index (χ1v) is 6.04. The third-order valence-corrected chi connectivity index (χ3v) is 3.66. The Labute approximate surface area is 109 Å². The second-order valence-electron chi connectivity index (χ2n) is 4.92.